The van der Waals surface area contributed by atoms with Crippen LogP contribution in [0.1, 0.15) is 13.3 Å². The van der Waals surface area contributed by atoms with Gasteiger partial charge in [-0.25, -0.2) is 0 Å². The van der Waals surface area contributed by atoms with Crippen molar-refractivity contribution in [3.05, 3.63) is 12.3 Å². The third-order valence-electron chi connectivity index (χ3n) is 0.966. The molecule has 0 aliphatic carbocycles. The van der Waals surface area contributed by atoms with E-state index in [-0.39, 0.29) is 0 Å². The Bertz CT molecular complexity index is 76.0. The maximum atomic E-state index is 4.87. The van der Waals surface area contributed by atoms with Crippen LogP contribution < -0.4 is 0 Å². The first-order valence-electron chi connectivity index (χ1n) is 2.20. The van der Waals surface area contributed by atoms with E-state index < -0.39 is 0 Å². The molecule has 0 bridgehead atoms. The second-order valence-electron chi connectivity index (χ2n) is 1.48. The highest BCUT2D eigenvalue weighted by Gasteiger charge is 2.26. The van der Waals surface area contributed by atoms with E-state index in [0.29, 0.717) is 6.10 Å². The smallest absolute Gasteiger partial charge is 0.154 e. The molecule has 1 fully saturated rings. The van der Waals surface area contributed by atoms with Gasteiger partial charge in [-0.2, -0.15) is 0 Å². The molecule has 0 N–H and O–H groups in total. The van der Waals surface area contributed by atoms with E-state index >= 15 is 0 Å². The van der Waals surface area contributed by atoms with E-state index in [1.165, 1.54) is 0 Å². The topological polar surface area (TPSA) is 12.5 Å². The zero-order chi connectivity index (χ0) is 4.57. The molecule has 1 aliphatic heterocycles. The van der Waals surface area contributed by atoms with E-state index in [1.807, 2.05) is 0 Å². The summed E-state index contributed by atoms with van der Waals surface area (Å²) in [5, 5.41) is 0. The van der Waals surface area contributed by atoms with Gasteiger partial charge in [-0.1, -0.05) is 13.5 Å². The van der Waals surface area contributed by atoms with Gasteiger partial charge in [0.15, 0.2) is 6.10 Å². The first kappa shape index (κ1) is 3.72. The van der Waals surface area contributed by atoms with Crippen LogP contribution in [0.3, 0.4) is 0 Å². The van der Waals surface area contributed by atoms with Gasteiger partial charge in [0.2, 0.25) is 0 Å². The highest BCUT2D eigenvalue weighted by Crippen LogP contribution is 2.26. The van der Waals surface area contributed by atoms with Crippen LogP contribution in [0.2, 0.25) is 0 Å². The van der Waals surface area contributed by atoms with Crippen molar-refractivity contribution in [1.29, 1.82) is 0 Å². The predicted octanol–water partition coefficient (Wildman–Crippen LogP) is 1.31. The second kappa shape index (κ2) is 1.00. The lowest BCUT2D eigenvalue weighted by atomic mass is 10.3. The molecule has 1 aliphatic rings. The van der Waals surface area contributed by atoms with Gasteiger partial charge in [0, 0.05) is 0 Å². The summed E-state index contributed by atoms with van der Waals surface area (Å²) in [4.78, 5) is 0. The average Bonchev–Trinajstić information content (AvgIpc) is 2.19. The Morgan fingerprint density at radius 1 is 2.00 bits per heavy atom. The molecule has 6 heavy (non-hydrogen) atoms. The lowest BCUT2D eigenvalue weighted by Gasteiger charge is -1.68. The number of rotatable bonds is 1. The maximum absolute atomic E-state index is 4.87. The van der Waals surface area contributed by atoms with E-state index in [2.05, 4.69) is 13.5 Å². The minimum absolute atomic E-state index is 0.407. The SMILES string of the molecule is C=C1OC1CC. The van der Waals surface area contributed by atoms with Crippen molar-refractivity contribution in [2.75, 3.05) is 0 Å². The summed E-state index contributed by atoms with van der Waals surface area (Å²) in [7, 11) is 0. The van der Waals surface area contributed by atoms with Crippen molar-refractivity contribution in [3.8, 4) is 0 Å². The zero-order valence-corrected chi connectivity index (χ0v) is 3.90. The molecule has 0 amide bonds. The van der Waals surface area contributed by atoms with Crippen LogP contribution in [-0.4, -0.2) is 6.10 Å². The fourth-order valence-corrected chi connectivity index (χ4v) is 0.460. The van der Waals surface area contributed by atoms with Gasteiger partial charge in [-0.15, -0.1) is 0 Å². The Hall–Kier alpha value is -0.460. The van der Waals surface area contributed by atoms with Crippen LogP contribution in [0.15, 0.2) is 12.3 Å². The molecule has 0 spiro atoms. The molecular weight excluding hydrogens is 76.1 g/mol. The molecule has 0 aromatic heterocycles. The first-order valence-corrected chi connectivity index (χ1v) is 2.20. The molecular formula is C5H8O. The Balaban J connectivity index is 2.26. The van der Waals surface area contributed by atoms with Crippen LogP contribution in [0.4, 0.5) is 0 Å². The van der Waals surface area contributed by atoms with Gasteiger partial charge in [0.25, 0.3) is 0 Å². The number of epoxide rings is 1. The Labute approximate surface area is 37.6 Å². The summed E-state index contributed by atoms with van der Waals surface area (Å²) in [6.07, 6.45) is 1.49. The van der Waals surface area contributed by atoms with Crippen molar-refractivity contribution in [1.82, 2.24) is 0 Å². The lowest BCUT2D eigenvalue weighted by Crippen LogP contribution is -1.72. The summed E-state index contributed by atoms with van der Waals surface area (Å²) in [6.45, 7) is 5.68. The highest BCUT2D eigenvalue weighted by molar-refractivity contribution is 5.06. The maximum Gasteiger partial charge on any atom is 0.154 e. The zero-order valence-electron chi connectivity index (χ0n) is 3.90. The van der Waals surface area contributed by atoms with Gasteiger partial charge >= 0.3 is 0 Å². The fourth-order valence-electron chi connectivity index (χ4n) is 0.460. The largest absolute Gasteiger partial charge is 0.484 e. The van der Waals surface area contributed by atoms with Gasteiger partial charge in [-0.05, 0) is 6.42 Å². The summed E-state index contributed by atoms with van der Waals surface area (Å²) in [5.74, 6) is 0.956. The Morgan fingerprint density at radius 3 is 2.50 bits per heavy atom. The quantitative estimate of drug-likeness (QED) is 0.436. The van der Waals surface area contributed by atoms with Crippen LogP contribution in [-0.2, 0) is 4.74 Å². The van der Waals surface area contributed by atoms with E-state index in [0.717, 1.165) is 12.2 Å². The number of hydrogen-bond donors (Lipinski definition) is 0. The molecule has 1 unspecified atom stereocenters. The van der Waals surface area contributed by atoms with Crippen molar-refractivity contribution in [2.45, 2.75) is 19.4 Å². The molecule has 1 heteroatoms. The summed E-state index contributed by atoms with van der Waals surface area (Å²) < 4.78 is 4.87. The third kappa shape index (κ3) is 0.402. The molecule has 1 heterocycles. The Kier molecular flexibility index (Phi) is 0.621. The molecule has 34 valence electrons. The van der Waals surface area contributed by atoms with E-state index in [9.17, 15) is 0 Å². The molecule has 1 nitrogen and oxygen atoms in total. The Morgan fingerprint density at radius 2 is 2.50 bits per heavy atom. The monoisotopic (exact) mass is 84.1 g/mol. The van der Waals surface area contributed by atoms with Gasteiger partial charge in [0.1, 0.15) is 5.76 Å². The van der Waals surface area contributed by atoms with Crippen molar-refractivity contribution in [2.24, 2.45) is 0 Å². The van der Waals surface area contributed by atoms with Gasteiger partial charge in [-0.3, -0.25) is 0 Å². The molecule has 1 atom stereocenters. The summed E-state index contributed by atoms with van der Waals surface area (Å²) >= 11 is 0. The minimum Gasteiger partial charge on any atom is -0.484 e. The minimum atomic E-state index is 0.407. The molecule has 1 saturated heterocycles. The van der Waals surface area contributed by atoms with E-state index in [1.54, 1.807) is 0 Å². The summed E-state index contributed by atoms with van der Waals surface area (Å²) in [5.41, 5.74) is 0. The highest BCUT2D eigenvalue weighted by atomic mass is 16.6. The van der Waals surface area contributed by atoms with E-state index in [4.69, 9.17) is 4.74 Å². The molecule has 0 aromatic rings. The van der Waals surface area contributed by atoms with Crippen molar-refractivity contribution < 1.29 is 4.74 Å². The summed E-state index contributed by atoms with van der Waals surface area (Å²) in [6, 6.07) is 0. The molecule has 0 aromatic carbocycles. The average molecular weight is 84.1 g/mol. The predicted molar refractivity (Wildman–Crippen MR) is 24.3 cm³/mol. The number of ether oxygens (including phenoxy) is 1. The molecule has 0 saturated carbocycles. The van der Waals surface area contributed by atoms with Crippen molar-refractivity contribution in [3.63, 3.8) is 0 Å². The van der Waals surface area contributed by atoms with Crippen LogP contribution in [0.25, 0.3) is 0 Å². The lowest BCUT2D eigenvalue weighted by molar-refractivity contribution is 0.421. The molecule has 0 radical (unpaired) electrons. The van der Waals surface area contributed by atoms with Crippen LogP contribution in [0, 0.1) is 0 Å². The van der Waals surface area contributed by atoms with Gasteiger partial charge in [0.05, 0.1) is 0 Å². The fraction of sp³-hybridized carbons (Fsp3) is 0.600. The standard InChI is InChI=1S/C5H8O/c1-3-5-4(2)6-5/h5H,2-3H2,1H3. The third-order valence-corrected chi connectivity index (χ3v) is 0.966. The van der Waals surface area contributed by atoms with Crippen LogP contribution in [0.5, 0.6) is 0 Å². The van der Waals surface area contributed by atoms with Gasteiger partial charge < -0.3 is 4.74 Å². The first-order chi connectivity index (χ1) is 2.84. The second-order valence-corrected chi connectivity index (χ2v) is 1.48. The van der Waals surface area contributed by atoms with Crippen molar-refractivity contribution >= 4 is 0 Å². The van der Waals surface area contributed by atoms with Crippen LogP contribution >= 0.6 is 0 Å². The number of hydrogen-bond acceptors (Lipinski definition) is 1. The normalized spacial score (nSPS) is 29.5. The molecule has 1 rings (SSSR count).